The van der Waals surface area contributed by atoms with Crippen molar-refractivity contribution in [3.05, 3.63) is 42.0 Å². The SMILES string of the molecule is CC(C)n1ncc(N)c1C(=O)Oc1cccc(F)c1. The molecule has 100 valence electrons. The normalized spacial score (nSPS) is 10.7. The van der Waals surface area contributed by atoms with Gasteiger partial charge in [-0.05, 0) is 26.0 Å². The molecule has 0 radical (unpaired) electrons. The summed E-state index contributed by atoms with van der Waals surface area (Å²) in [6, 6.07) is 5.31. The second-order valence-corrected chi connectivity index (χ2v) is 4.33. The van der Waals surface area contributed by atoms with Crippen molar-refractivity contribution in [3.8, 4) is 5.75 Å². The van der Waals surface area contributed by atoms with Crippen LogP contribution in [0.2, 0.25) is 0 Å². The molecule has 2 N–H and O–H groups in total. The molecule has 6 heteroatoms. The van der Waals surface area contributed by atoms with E-state index in [0.29, 0.717) is 0 Å². The number of carbonyl (C=O) groups is 1. The molecule has 0 aliphatic carbocycles. The zero-order chi connectivity index (χ0) is 14.0. The lowest BCUT2D eigenvalue weighted by molar-refractivity contribution is 0.0720. The van der Waals surface area contributed by atoms with E-state index in [0.717, 1.165) is 6.07 Å². The standard InChI is InChI=1S/C13H14FN3O2/c1-8(2)17-12(11(15)7-16-17)13(18)19-10-5-3-4-9(14)6-10/h3-8H,15H2,1-2H3. The maximum atomic E-state index is 13.0. The van der Waals surface area contributed by atoms with Gasteiger partial charge < -0.3 is 10.5 Å². The number of hydrogen-bond donors (Lipinski definition) is 1. The van der Waals surface area contributed by atoms with Gasteiger partial charge in [0.2, 0.25) is 0 Å². The average Bonchev–Trinajstić information content (AvgIpc) is 2.71. The lowest BCUT2D eigenvalue weighted by Gasteiger charge is -2.11. The smallest absolute Gasteiger partial charge is 0.364 e. The Morgan fingerprint density at radius 3 is 2.84 bits per heavy atom. The third-order valence-electron chi connectivity index (χ3n) is 2.51. The molecular formula is C13H14FN3O2. The van der Waals surface area contributed by atoms with E-state index in [9.17, 15) is 9.18 Å². The molecule has 2 rings (SSSR count). The van der Waals surface area contributed by atoms with E-state index in [2.05, 4.69) is 5.10 Å². The van der Waals surface area contributed by atoms with Gasteiger partial charge in [0.05, 0.1) is 11.9 Å². The van der Waals surface area contributed by atoms with Gasteiger partial charge in [-0.3, -0.25) is 4.68 Å². The Labute approximate surface area is 109 Å². The molecule has 0 bridgehead atoms. The summed E-state index contributed by atoms with van der Waals surface area (Å²) in [5, 5.41) is 4.01. The van der Waals surface area contributed by atoms with Crippen LogP contribution in [0.4, 0.5) is 10.1 Å². The number of anilines is 1. The van der Waals surface area contributed by atoms with Gasteiger partial charge in [0.25, 0.3) is 0 Å². The molecule has 0 fully saturated rings. The molecule has 0 saturated heterocycles. The molecule has 2 aromatic rings. The molecule has 1 aromatic carbocycles. The summed E-state index contributed by atoms with van der Waals surface area (Å²) in [5.74, 6) is -1.01. The molecule has 0 unspecified atom stereocenters. The second-order valence-electron chi connectivity index (χ2n) is 4.33. The minimum atomic E-state index is -0.658. The number of esters is 1. The topological polar surface area (TPSA) is 70.1 Å². The number of nitrogen functional groups attached to an aromatic ring is 1. The molecule has 5 nitrogen and oxygen atoms in total. The highest BCUT2D eigenvalue weighted by molar-refractivity contribution is 5.94. The van der Waals surface area contributed by atoms with E-state index < -0.39 is 11.8 Å². The fourth-order valence-electron chi connectivity index (χ4n) is 1.66. The minimum Gasteiger partial charge on any atom is -0.422 e. The quantitative estimate of drug-likeness (QED) is 0.682. The number of hydrogen-bond acceptors (Lipinski definition) is 4. The Morgan fingerprint density at radius 1 is 1.47 bits per heavy atom. The zero-order valence-electron chi connectivity index (χ0n) is 10.6. The Morgan fingerprint density at radius 2 is 2.21 bits per heavy atom. The molecule has 0 aliphatic heterocycles. The average molecular weight is 263 g/mol. The Kier molecular flexibility index (Phi) is 3.50. The maximum Gasteiger partial charge on any atom is 0.364 e. The van der Waals surface area contributed by atoms with Gasteiger partial charge in [0, 0.05) is 12.1 Å². The van der Waals surface area contributed by atoms with Gasteiger partial charge in [-0.1, -0.05) is 6.07 Å². The first-order valence-electron chi connectivity index (χ1n) is 5.79. The molecule has 0 aliphatic rings. The maximum absolute atomic E-state index is 13.0. The van der Waals surface area contributed by atoms with Crippen LogP contribution in [0.5, 0.6) is 5.75 Å². The summed E-state index contributed by atoms with van der Waals surface area (Å²) in [7, 11) is 0. The Bertz CT molecular complexity index is 608. The number of nitrogens with two attached hydrogens (primary N) is 1. The molecule has 1 heterocycles. The van der Waals surface area contributed by atoms with Gasteiger partial charge in [-0.15, -0.1) is 0 Å². The Balaban J connectivity index is 2.28. The van der Waals surface area contributed by atoms with Crippen LogP contribution >= 0.6 is 0 Å². The molecule has 1 aromatic heterocycles. The van der Waals surface area contributed by atoms with Crippen molar-refractivity contribution in [3.63, 3.8) is 0 Å². The number of ether oxygens (including phenoxy) is 1. The van der Waals surface area contributed by atoms with Crippen molar-refractivity contribution >= 4 is 11.7 Å². The van der Waals surface area contributed by atoms with Crippen molar-refractivity contribution in [2.24, 2.45) is 0 Å². The van der Waals surface area contributed by atoms with E-state index >= 15 is 0 Å². The summed E-state index contributed by atoms with van der Waals surface area (Å²) in [6.45, 7) is 3.73. The summed E-state index contributed by atoms with van der Waals surface area (Å²) in [5.41, 5.74) is 6.10. The van der Waals surface area contributed by atoms with Crippen molar-refractivity contribution in [1.82, 2.24) is 9.78 Å². The zero-order valence-corrected chi connectivity index (χ0v) is 10.6. The molecule has 0 spiro atoms. The lowest BCUT2D eigenvalue weighted by Crippen LogP contribution is -2.18. The first-order valence-corrected chi connectivity index (χ1v) is 5.79. The van der Waals surface area contributed by atoms with Crippen molar-refractivity contribution in [1.29, 1.82) is 0 Å². The number of rotatable bonds is 3. The predicted octanol–water partition coefficient (Wildman–Crippen LogP) is 2.40. The monoisotopic (exact) mass is 263 g/mol. The van der Waals surface area contributed by atoms with Gasteiger partial charge in [-0.2, -0.15) is 5.10 Å². The highest BCUT2D eigenvalue weighted by Gasteiger charge is 2.20. The van der Waals surface area contributed by atoms with E-state index in [1.165, 1.54) is 29.1 Å². The summed E-state index contributed by atoms with van der Waals surface area (Å²) in [6.07, 6.45) is 1.39. The second kappa shape index (κ2) is 5.09. The van der Waals surface area contributed by atoms with Crippen LogP contribution in [0.25, 0.3) is 0 Å². The van der Waals surface area contributed by atoms with Crippen LogP contribution in [0.1, 0.15) is 30.4 Å². The minimum absolute atomic E-state index is 0.0349. The lowest BCUT2D eigenvalue weighted by atomic mass is 10.3. The number of carbonyl (C=O) groups excluding carboxylic acids is 1. The third-order valence-corrected chi connectivity index (χ3v) is 2.51. The van der Waals surface area contributed by atoms with E-state index in [1.54, 1.807) is 0 Å². The van der Waals surface area contributed by atoms with Crippen molar-refractivity contribution in [2.75, 3.05) is 5.73 Å². The van der Waals surface area contributed by atoms with Crippen LogP contribution in [-0.2, 0) is 0 Å². The summed E-state index contributed by atoms with van der Waals surface area (Å²) >= 11 is 0. The third kappa shape index (κ3) is 2.73. The highest BCUT2D eigenvalue weighted by atomic mass is 19.1. The molecule has 0 saturated carbocycles. The molecule has 0 amide bonds. The number of halogens is 1. The van der Waals surface area contributed by atoms with E-state index in [-0.39, 0.29) is 23.2 Å². The van der Waals surface area contributed by atoms with Crippen LogP contribution in [-0.4, -0.2) is 15.7 Å². The Hall–Kier alpha value is -2.37. The summed E-state index contributed by atoms with van der Waals surface area (Å²) in [4.78, 5) is 12.0. The molecular weight excluding hydrogens is 249 g/mol. The van der Waals surface area contributed by atoms with Gasteiger partial charge >= 0.3 is 5.97 Å². The van der Waals surface area contributed by atoms with Crippen molar-refractivity contribution in [2.45, 2.75) is 19.9 Å². The number of nitrogens with zero attached hydrogens (tertiary/aromatic N) is 2. The fourth-order valence-corrected chi connectivity index (χ4v) is 1.66. The van der Waals surface area contributed by atoms with Gasteiger partial charge in [-0.25, -0.2) is 9.18 Å². The van der Waals surface area contributed by atoms with Crippen LogP contribution in [0, 0.1) is 5.82 Å². The fraction of sp³-hybridized carbons (Fsp3) is 0.231. The number of aromatic nitrogens is 2. The van der Waals surface area contributed by atoms with E-state index in [1.807, 2.05) is 13.8 Å². The first kappa shape index (κ1) is 13.1. The molecule has 0 atom stereocenters. The van der Waals surface area contributed by atoms with Gasteiger partial charge in [0.15, 0.2) is 5.69 Å². The highest BCUT2D eigenvalue weighted by Crippen LogP contribution is 2.19. The van der Waals surface area contributed by atoms with Crippen LogP contribution in [0.15, 0.2) is 30.5 Å². The molecule has 19 heavy (non-hydrogen) atoms. The predicted molar refractivity (Wildman–Crippen MR) is 68.4 cm³/mol. The number of benzene rings is 1. The van der Waals surface area contributed by atoms with Crippen LogP contribution < -0.4 is 10.5 Å². The largest absolute Gasteiger partial charge is 0.422 e. The summed E-state index contributed by atoms with van der Waals surface area (Å²) < 4.78 is 19.6. The van der Waals surface area contributed by atoms with Gasteiger partial charge in [0.1, 0.15) is 11.6 Å². The van der Waals surface area contributed by atoms with Crippen molar-refractivity contribution < 1.29 is 13.9 Å². The first-order chi connectivity index (χ1) is 8.99. The van der Waals surface area contributed by atoms with Crippen LogP contribution in [0.3, 0.4) is 0 Å². The van der Waals surface area contributed by atoms with E-state index in [4.69, 9.17) is 10.5 Å².